The number of benzene rings is 1. The van der Waals surface area contributed by atoms with Crippen LogP contribution in [0.2, 0.25) is 0 Å². The maximum absolute atomic E-state index is 5.93. The van der Waals surface area contributed by atoms with Gasteiger partial charge in [-0.3, -0.25) is 4.99 Å². The van der Waals surface area contributed by atoms with Crippen molar-refractivity contribution in [3.63, 3.8) is 0 Å². The molecule has 158 valence electrons. The number of aliphatic imine (C=N–C) groups is 1. The van der Waals surface area contributed by atoms with Crippen LogP contribution in [0.15, 0.2) is 33.7 Å². The zero-order valence-corrected chi connectivity index (χ0v) is 20.6. The van der Waals surface area contributed by atoms with Gasteiger partial charge in [-0.25, -0.2) is 0 Å². The van der Waals surface area contributed by atoms with Crippen molar-refractivity contribution in [3.05, 3.63) is 34.3 Å². The van der Waals surface area contributed by atoms with Crippen LogP contribution in [-0.2, 0) is 14.9 Å². The molecule has 0 atom stereocenters. The van der Waals surface area contributed by atoms with Crippen LogP contribution >= 0.6 is 39.9 Å². The van der Waals surface area contributed by atoms with Crippen LogP contribution in [0.25, 0.3) is 0 Å². The van der Waals surface area contributed by atoms with Crippen LogP contribution in [-0.4, -0.2) is 51.5 Å². The van der Waals surface area contributed by atoms with Crippen LogP contribution in [0.5, 0.6) is 0 Å². The minimum absolute atomic E-state index is 0. The van der Waals surface area contributed by atoms with E-state index in [9.17, 15) is 0 Å². The summed E-state index contributed by atoms with van der Waals surface area (Å²) in [5, 5.41) is 6.80. The highest BCUT2D eigenvalue weighted by Gasteiger charge is 2.44. The van der Waals surface area contributed by atoms with Gasteiger partial charge in [-0.2, -0.15) is 0 Å². The molecule has 0 radical (unpaired) electrons. The van der Waals surface area contributed by atoms with E-state index < -0.39 is 0 Å². The number of guanidine groups is 1. The zero-order chi connectivity index (χ0) is 19.0. The predicted molar refractivity (Wildman–Crippen MR) is 129 cm³/mol. The van der Waals surface area contributed by atoms with Crippen molar-refractivity contribution in [2.24, 2.45) is 4.99 Å². The summed E-state index contributed by atoms with van der Waals surface area (Å²) in [4.78, 5) is 4.86. The molecule has 0 spiro atoms. The molecule has 1 aromatic carbocycles. The van der Waals surface area contributed by atoms with Gasteiger partial charge >= 0.3 is 0 Å². The number of nitrogens with one attached hydrogen (secondary N) is 2. The lowest BCUT2D eigenvalue weighted by Gasteiger charge is -2.22. The Bertz CT molecular complexity index is 619. The van der Waals surface area contributed by atoms with Gasteiger partial charge in [-0.05, 0) is 56.7 Å². The van der Waals surface area contributed by atoms with E-state index in [1.807, 2.05) is 0 Å². The van der Waals surface area contributed by atoms with E-state index in [2.05, 4.69) is 57.8 Å². The van der Waals surface area contributed by atoms with E-state index in [4.69, 9.17) is 14.5 Å². The largest absolute Gasteiger partial charge is 0.381 e. The van der Waals surface area contributed by atoms with Crippen molar-refractivity contribution >= 4 is 45.9 Å². The molecule has 2 fully saturated rings. The first kappa shape index (κ1) is 23.9. The number of hydrogen-bond donors (Lipinski definition) is 2. The molecule has 7 heteroatoms. The first-order valence-electron chi connectivity index (χ1n) is 10.2. The van der Waals surface area contributed by atoms with Crippen molar-refractivity contribution in [3.8, 4) is 0 Å². The SMILES string of the molecule is CCNC(=NCC1(c2cccc(Br)c2)CC1)NCCCOC1CCOCC1.I. The first-order chi connectivity index (χ1) is 13.2. The van der Waals surface area contributed by atoms with Gasteiger partial charge in [0.15, 0.2) is 5.96 Å². The first-order valence-corrected chi connectivity index (χ1v) is 11.0. The highest BCUT2D eigenvalue weighted by Crippen LogP contribution is 2.48. The van der Waals surface area contributed by atoms with Crippen LogP contribution in [0.4, 0.5) is 0 Å². The predicted octanol–water partition coefficient (Wildman–Crippen LogP) is 4.24. The number of ether oxygens (including phenoxy) is 2. The van der Waals surface area contributed by atoms with Gasteiger partial charge < -0.3 is 20.1 Å². The fraction of sp³-hybridized carbons (Fsp3) is 0.667. The fourth-order valence-corrected chi connectivity index (χ4v) is 3.85. The second-order valence-corrected chi connectivity index (χ2v) is 8.36. The molecule has 1 heterocycles. The highest BCUT2D eigenvalue weighted by molar-refractivity contribution is 14.0. The van der Waals surface area contributed by atoms with E-state index in [-0.39, 0.29) is 29.4 Å². The van der Waals surface area contributed by atoms with Gasteiger partial charge in [-0.15, -0.1) is 24.0 Å². The molecule has 0 bridgehead atoms. The average molecular weight is 566 g/mol. The Balaban J connectivity index is 0.00000280. The number of hydrogen-bond acceptors (Lipinski definition) is 3. The van der Waals surface area contributed by atoms with E-state index in [1.165, 1.54) is 18.4 Å². The van der Waals surface area contributed by atoms with Gasteiger partial charge in [0, 0.05) is 42.8 Å². The third-order valence-electron chi connectivity index (χ3n) is 5.31. The van der Waals surface area contributed by atoms with Crippen molar-refractivity contribution in [2.75, 3.05) is 39.5 Å². The summed E-state index contributed by atoms with van der Waals surface area (Å²) in [6, 6.07) is 8.65. The van der Waals surface area contributed by atoms with Crippen LogP contribution in [0.1, 0.15) is 44.6 Å². The third kappa shape index (κ3) is 7.46. The van der Waals surface area contributed by atoms with Gasteiger partial charge in [0.25, 0.3) is 0 Å². The Morgan fingerprint density at radius 1 is 1.29 bits per heavy atom. The Morgan fingerprint density at radius 2 is 2.07 bits per heavy atom. The Labute approximate surface area is 194 Å². The maximum Gasteiger partial charge on any atom is 0.191 e. The Morgan fingerprint density at radius 3 is 2.75 bits per heavy atom. The van der Waals surface area contributed by atoms with Crippen LogP contribution in [0, 0.1) is 0 Å². The molecular weight excluding hydrogens is 533 g/mol. The quantitative estimate of drug-likeness (QED) is 0.203. The molecule has 0 unspecified atom stereocenters. The van der Waals surface area contributed by atoms with E-state index in [0.29, 0.717) is 6.10 Å². The number of rotatable bonds is 9. The Kier molecular flexibility index (Phi) is 10.5. The summed E-state index contributed by atoms with van der Waals surface area (Å²) in [5.41, 5.74) is 1.61. The minimum atomic E-state index is 0. The monoisotopic (exact) mass is 565 g/mol. The molecule has 2 N–H and O–H groups in total. The zero-order valence-electron chi connectivity index (χ0n) is 16.7. The smallest absolute Gasteiger partial charge is 0.191 e. The standard InChI is InChI=1S/C21H32BrN3O2.HI/c1-2-23-20(24-11-4-12-27-19-7-13-26-14-8-19)25-16-21(9-10-21)17-5-3-6-18(22)15-17;/h3,5-6,15,19H,2,4,7-14,16H2,1H3,(H2,23,24,25);1H. The third-order valence-corrected chi connectivity index (χ3v) is 5.80. The van der Waals surface area contributed by atoms with Crippen molar-refractivity contribution in [2.45, 2.75) is 50.5 Å². The second kappa shape index (κ2) is 12.3. The van der Waals surface area contributed by atoms with Gasteiger partial charge in [0.05, 0.1) is 12.6 Å². The molecule has 1 aliphatic heterocycles. The summed E-state index contributed by atoms with van der Waals surface area (Å²) in [6.07, 6.45) is 5.83. The molecule has 0 aromatic heterocycles. The van der Waals surface area contributed by atoms with Crippen molar-refractivity contribution < 1.29 is 9.47 Å². The van der Waals surface area contributed by atoms with Gasteiger partial charge in [-0.1, -0.05) is 28.1 Å². The summed E-state index contributed by atoms with van der Waals surface area (Å²) in [5.74, 6) is 0.907. The molecule has 0 amide bonds. The molecule has 1 aromatic rings. The summed E-state index contributed by atoms with van der Waals surface area (Å²) in [7, 11) is 0. The summed E-state index contributed by atoms with van der Waals surface area (Å²) < 4.78 is 12.4. The van der Waals surface area contributed by atoms with E-state index in [1.54, 1.807) is 0 Å². The number of halogens is 2. The summed E-state index contributed by atoms with van der Waals surface area (Å²) in [6.45, 7) is 7.13. The molecule has 5 nitrogen and oxygen atoms in total. The molecule has 1 aliphatic carbocycles. The lowest BCUT2D eigenvalue weighted by molar-refractivity contribution is -0.0320. The maximum atomic E-state index is 5.93. The normalized spacial score (nSPS) is 19.0. The molecule has 1 saturated heterocycles. The Hall–Kier alpha value is -0.380. The molecule has 3 rings (SSSR count). The average Bonchev–Trinajstić information content (AvgIpc) is 3.48. The second-order valence-electron chi connectivity index (χ2n) is 7.45. The van der Waals surface area contributed by atoms with Gasteiger partial charge in [0.1, 0.15) is 0 Å². The molecular formula is C21H33BrIN3O2. The van der Waals surface area contributed by atoms with Crippen LogP contribution in [0.3, 0.4) is 0 Å². The van der Waals surface area contributed by atoms with E-state index >= 15 is 0 Å². The topological polar surface area (TPSA) is 54.9 Å². The molecule has 1 saturated carbocycles. The number of nitrogens with zero attached hydrogens (tertiary/aromatic N) is 1. The van der Waals surface area contributed by atoms with Crippen LogP contribution < -0.4 is 10.6 Å². The lowest BCUT2D eigenvalue weighted by Crippen LogP contribution is -2.38. The van der Waals surface area contributed by atoms with Crippen molar-refractivity contribution in [1.82, 2.24) is 10.6 Å². The lowest BCUT2D eigenvalue weighted by atomic mass is 9.96. The van der Waals surface area contributed by atoms with Gasteiger partial charge in [0.2, 0.25) is 0 Å². The molecule has 2 aliphatic rings. The minimum Gasteiger partial charge on any atom is -0.381 e. The fourth-order valence-electron chi connectivity index (χ4n) is 3.45. The van der Waals surface area contributed by atoms with Crippen molar-refractivity contribution in [1.29, 1.82) is 0 Å². The highest BCUT2D eigenvalue weighted by atomic mass is 127. The summed E-state index contributed by atoms with van der Waals surface area (Å²) >= 11 is 3.59. The van der Waals surface area contributed by atoms with E-state index in [0.717, 1.165) is 69.1 Å². The molecule has 28 heavy (non-hydrogen) atoms.